The summed E-state index contributed by atoms with van der Waals surface area (Å²) in [6.45, 7) is 0.417. The number of ether oxygens (including phenoxy) is 1. The first kappa shape index (κ1) is 14.7. The van der Waals surface area contributed by atoms with Crippen LogP contribution in [0.1, 0.15) is 15.9 Å². The van der Waals surface area contributed by atoms with E-state index in [1.54, 1.807) is 54.4 Å². The molecule has 0 unspecified atom stereocenters. The van der Waals surface area contributed by atoms with Crippen molar-refractivity contribution >= 4 is 11.6 Å². The highest BCUT2D eigenvalue weighted by Crippen LogP contribution is 2.26. The Bertz CT molecular complexity index is 638. The predicted octanol–water partition coefficient (Wildman–Crippen LogP) is 2.26. The van der Waals surface area contributed by atoms with Crippen molar-refractivity contribution < 1.29 is 14.6 Å². The lowest BCUT2D eigenvalue weighted by molar-refractivity contribution is 0.0785. The number of phenols is 1. The van der Waals surface area contributed by atoms with Gasteiger partial charge in [-0.15, -0.1) is 0 Å². The molecule has 1 amide bonds. The van der Waals surface area contributed by atoms with Crippen LogP contribution in [0.15, 0.2) is 42.5 Å². The Hall–Kier alpha value is -2.69. The number of nitrogens with two attached hydrogens (primary N) is 1. The third-order valence-corrected chi connectivity index (χ3v) is 3.17. The summed E-state index contributed by atoms with van der Waals surface area (Å²) in [6, 6.07) is 11.8. The minimum atomic E-state index is -0.0953. The molecule has 0 saturated heterocycles. The summed E-state index contributed by atoms with van der Waals surface area (Å²) in [7, 11) is 3.21. The van der Waals surface area contributed by atoms with Crippen LogP contribution in [0, 0.1) is 0 Å². The van der Waals surface area contributed by atoms with E-state index in [0.717, 1.165) is 5.56 Å². The van der Waals surface area contributed by atoms with Crippen molar-refractivity contribution in [1.82, 2.24) is 4.90 Å². The van der Waals surface area contributed by atoms with Crippen LogP contribution >= 0.6 is 0 Å². The van der Waals surface area contributed by atoms with Gasteiger partial charge < -0.3 is 20.5 Å². The fourth-order valence-corrected chi connectivity index (χ4v) is 2.01. The predicted molar refractivity (Wildman–Crippen MR) is 81.3 cm³/mol. The highest BCUT2D eigenvalue weighted by Gasteiger charge is 2.13. The number of aromatic hydroxyl groups is 1. The van der Waals surface area contributed by atoms with Gasteiger partial charge in [-0.2, -0.15) is 0 Å². The van der Waals surface area contributed by atoms with Crippen LogP contribution in [0.4, 0.5) is 5.69 Å². The second-order valence-corrected chi connectivity index (χ2v) is 4.79. The number of hydrogen-bond donors (Lipinski definition) is 2. The van der Waals surface area contributed by atoms with Crippen molar-refractivity contribution in [2.75, 3.05) is 19.9 Å². The quantitative estimate of drug-likeness (QED) is 0.845. The average molecular weight is 286 g/mol. The van der Waals surface area contributed by atoms with E-state index in [1.807, 2.05) is 0 Å². The van der Waals surface area contributed by atoms with Crippen LogP contribution in [0.3, 0.4) is 0 Å². The van der Waals surface area contributed by atoms with Crippen molar-refractivity contribution in [2.45, 2.75) is 6.54 Å². The maximum Gasteiger partial charge on any atom is 0.253 e. The number of nitrogens with zero attached hydrogens (tertiary/aromatic N) is 1. The third-order valence-electron chi connectivity index (χ3n) is 3.17. The summed E-state index contributed by atoms with van der Waals surface area (Å²) in [5, 5.41) is 9.56. The Labute approximate surface area is 123 Å². The summed E-state index contributed by atoms with van der Waals surface area (Å²) in [4.78, 5) is 13.9. The second-order valence-electron chi connectivity index (χ2n) is 4.79. The van der Waals surface area contributed by atoms with E-state index in [2.05, 4.69) is 0 Å². The molecule has 0 aliphatic heterocycles. The molecular formula is C16H18N2O3. The smallest absolute Gasteiger partial charge is 0.253 e. The molecule has 21 heavy (non-hydrogen) atoms. The number of hydrogen-bond acceptors (Lipinski definition) is 4. The summed E-state index contributed by atoms with van der Waals surface area (Å²) < 4.78 is 5.06. The van der Waals surface area contributed by atoms with Crippen LogP contribution in [-0.4, -0.2) is 30.1 Å². The second kappa shape index (κ2) is 6.17. The molecule has 0 aliphatic carbocycles. The van der Waals surface area contributed by atoms with Gasteiger partial charge in [-0.1, -0.05) is 6.07 Å². The third kappa shape index (κ3) is 3.45. The fraction of sp³-hybridized carbons (Fsp3) is 0.188. The monoisotopic (exact) mass is 286 g/mol. The minimum Gasteiger partial charge on any atom is -0.504 e. The van der Waals surface area contributed by atoms with E-state index in [1.165, 1.54) is 7.11 Å². The van der Waals surface area contributed by atoms with E-state index in [9.17, 15) is 9.90 Å². The molecule has 5 nitrogen and oxygen atoms in total. The zero-order valence-corrected chi connectivity index (χ0v) is 12.0. The highest BCUT2D eigenvalue weighted by molar-refractivity contribution is 5.94. The van der Waals surface area contributed by atoms with E-state index in [4.69, 9.17) is 10.5 Å². The number of amides is 1. The molecular weight excluding hydrogens is 268 g/mol. The molecule has 2 aromatic carbocycles. The zero-order chi connectivity index (χ0) is 15.4. The maximum atomic E-state index is 12.3. The molecule has 0 radical (unpaired) electrons. The number of methoxy groups -OCH3 is 1. The molecule has 5 heteroatoms. The maximum absolute atomic E-state index is 12.3. The van der Waals surface area contributed by atoms with Gasteiger partial charge in [0.15, 0.2) is 11.5 Å². The van der Waals surface area contributed by atoms with Gasteiger partial charge in [-0.05, 0) is 42.0 Å². The Kier molecular flexibility index (Phi) is 4.33. The topological polar surface area (TPSA) is 75.8 Å². The number of rotatable bonds is 4. The molecule has 0 heterocycles. The van der Waals surface area contributed by atoms with E-state index in [0.29, 0.717) is 23.5 Å². The lowest BCUT2D eigenvalue weighted by atomic mass is 10.1. The summed E-state index contributed by atoms with van der Waals surface area (Å²) >= 11 is 0. The summed E-state index contributed by atoms with van der Waals surface area (Å²) in [5.41, 5.74) is 7.68. The number of nitrogen functional groups attached to an aromatic ring is 1. The van der Waals surface area contributed by atoms with Crippen molar-refractivity contribution in [3.63, 3.8) is 0 Å². The molecule has 0 aliphatic rings. The largest absolute Gasteiger partial charge is 0.504 e. The number of carbonyl (C=O) groups excluding carboxylic acids is 1. The first-order chi connectivity index (χ1) is 10.0. The molecule has 0 saturated carbocycles. The molecule has 110 valence electrons. The average Bonchev–Trinajstić information content (AvgIpc) is 2.49. The lowest BCUT2D eigenvalue weighted by Gasteiger charge is -2.18. The van der Waals surface area contributed by atoms with Crippen molar-refractivity contribution in [1.29, 1.82) is 0 Å². The van der Waals surface area contributed by atoms with Gasteiger partial charge in [0.1, 0.15) is 0 Å². The van der Waals surface area contributed by atoms with Crippen molar-refractivity contribution in [3.8, 4) is 11.5 Å². The molecule has 3 N–H and O–H groups in total. The van der Waals surface area contributed by atoms with Gasteiger partial charge in [-0.25, -0.2) is 0 Å². The van der Waals surface area contributed by atoms with Crippen LogP contribution < -0.4 is 10.5 Å². The van der Waals surface area contributed by atoms with Gasteiger partial charge in [0.05, 0.1) is 7.11 Å². The number of anilines is 1. The zero-order valence-electron chi connectivity index (χ0n) is 12.0. The van der Waals surface area contributed by atoms with Gasteiger partial charge in [0, 0.05) is 24.8 Å². The van der Waals surface area contributed by atoms with Gasteiger partial charge >= 0.3 is 0 Å². The van der Waals surface area contributed by atoms with Gasteiger partial charge in [0.25, 0.3) is 5.91 Å². The molecule has 0 atom stereocenters. The Morgan fingerprint density at radius 2 is 1.90 bits per heavy atom. The first-order valence-electron chi connectivity index (χ1n) is 6.48. The van der Waals surface area contributed by atoms with Crippen LogP contribution in [0.5, 0.6) is 11.5 Å². The number of benzene rings is 2. The Morgan fingerprint density at radius 3 is 2.52 bits per heavy atom. The van der Waals surface area contributed by atoms with Gasteiger partial charge in [0.2, 0.25) is 0 Å². The molecule has 2 rings (SSSR count). The molecule has 0 bridgehead atoms. The van der Waals surface area contributed by atoms with E-state index in [-0.39, 0.29) is 11.7 Å². The standard InChI is InChI=1S/C16H18N2O3/c1-18(16(20)12-4-6-13(17)7-5-12)10-11-3-8-14(19)15(9-11)21-2/h3-9,19H,10,17H2,1-2H3. The van der Waals surface area contributed by atoms with Crippen LogP contribution in [0.25, 0.3) is 0 Å². The number of carbonyl (C=O) groups is 1. The molecule has 0 spiro atoms. The summed E-state index contributed by atoms with van der Waals surface area (Å²) in [5.74, 6) is 0.372. The molecule has 0 fully saturated rings. The van der Waals surface area contributed by atoms with E-state index < -0.39 is 0 Å². The fourth-order valence-electron chi connectivity index (χ4n) is 2.01. The van der Waals surface area contributed by atoms with Crippen LogP contribution in [-0.2, 0) is 6.54 Å². The number of phenolic OH excluding ortho intramolecular Hbond substituents is 1. The van der Waals surface area contributed by atoms with Crippen molar-refractivity contribution in [3.05, 3.63) is 53.6 Å². The highest BCUT2D eigenvalue weighted by atomic mass is 16.5. The normalized spacial score (nSPS) is 10.2. The van der Waals surface area contributed by atoms with Crippen molar-refractivity contribution in [2.24, 2.45) is 0 Å². The minimum absolute atomic E-state index is 0.0776. The molecule has 0 aromatic heterocycles. The Morgan fingerprint density at radius 1 is 1.24 bits per heavy atom. The molecule has 2 aromatic rings. The summed E-state index contributed by atoms with van der Waals surface area (Å²) in [6.07, 6.45) is 0. The van der Waals surface area contributed by atoms with E-state index >= 15 is 0 Å². The Balaban J connectivity index is 2.12. The lowest BCUT2D eigenvalue weighted by Crippen LogP contribution is -2.26. The first-order valence-corrected chi connectivity index (χ1v) is 6.48. The SMILES string of the molecule is COc1cc(CN(C)C(=O)c2ccc(N)cc2)ccc1O. The van der Waals surface area contributed by atoms with Gasteiger partial charge in [-0.3, -0.25) is 4.79 Å². The van der Waals surface area contributed by atoms with Crippen LogP contribution in [0.2, 0.25) is 0 Å².